The van der Waals surface area contributed by atoms with Crippen molar-refractivity contribution in [3.8, 4) is 5.75 Å². The number of aliphatic hydroxyl groups is 1. The molecule has 31 heavy (non-hydrogen) atoms. The molecule has 7 nitrogen and oxygen atoms in total. The maximum Gasteiger partial charge on any atom is 0.234 e. The first-order valence-corrected chi connectivity index (χ1v) is 10.9. The first-order valence-electron chi connectivity index (χ1n) is 10.9. The third-order valence-corrected chi connectivity index (χ3v) is 6.40. The molecule has 162 valence electrons. The highest BCUT2D eigenvalue weighted by Gasteiger charge is 2.31. The summed E-state index contributed by atoms with van der Waals surface area (Å²) < 4.78 is 11.7. The van der Waals surface area contributed by atoms with Gasteiger partial charge in [0.2, 0.25) is 11.8 Å². The molecular weight excluding hydrogens is 396 g/mol. The number of furan rings is 1. The van der Waals surface area contributed by atoms with E-state index in [2.05, 4.69) is 10.2 Å². The number of hydrogen-bond acceptors (Lipinski definition) is 6. The van der Waals surface area contributed by atoms with E-state index in [9.17, 15) is 14.7 Å². The zero-order valence-corrected chi connectivity index (χ0v) is 17.3. The standard InChI is InChI=1S/C24H26N2O5/c27-16-7-9-26(10-8-16)11-12-30-17-2-3-18-15(13-17)1-5-21-23(18)20(14-31-21)19-4-6-22(28)25-24(19)29/h1-3,5,13-14,16,19,27H,4,6-12H2,(H,25,28,29)/t19-/m1/s1. The molecule has 0 bridgehead atoms. The van der Waals surface area contributed by atoms with Crippen LogP contribution < -0.4 is 10.1 Å². The van der Waals surface area contributed by atoms with E-state index in [0.717, 1.165) is 65.5 Å². The summed E-state index contributed by atoms with van der Waals surface area (Å²) in [6.07, 6.45) is 3.96. The van der Waals surface area contributed by atoms with Crippen molar-refractivity contribution < 1.29 is 23.8 Å². The largest absolute Gasteiger partial charge is 0.492 e. The summed E-state index contributed by atoms with van der Waals surface area (Å²) in [5, 5.41) is 15.0. The zero-order chi connectivity index (χ0) is 21.4. The third-order valence-electron chi connectivity index (χ3n) is 6.40. The zero-order valence-electron chi connectivity index (χ0n) is 17.3. The number of likely N-dealkylation sites (tertiary alicyclic amines) is 1. The molecule has 0 spiro atoms. The van der Waals surface area contributed by atoms with Crippen molar-refractivity contribution in [2.24, 2.45) is 0 Å². The van der Waals surface area contributed by atoms with Crippen LogP contribution in [0, 0.1) is 0 Å². The van der Waals surface area contributed by atoms with Crippen molar-refractivity contribution in [3.63, 3.8) is 0 Å². The molecule has 2 N–H and O–H groups in total. The van der Waals surface area contributed by atoms with Crippen molar-refractivity contribution in [1.29, 1.82) is 0 Å². The fourth-order valence-electron chi connectivity index (χ4n) is 4.64. The van der Waals surface area contributed by atoms with Crippen LogP contribution in [0.4, 0.5) is 0 Å². The molecule has 2 aliphatic rings. The molecule has 3 heterocycles. The van der Waals surface area contributed by atoms with Gasteiger partial charge in [0.1, 0.15) is 17.9 Å². The van der Waals surface area contributed by atoms with Gasteiger partial charge in [-0.15, -0.1) is 0 Å². The molecule has 0 aliphatic carbocycles. The summed E-state index contributed by atoms with van der Waals surface area (Å²) >= 11 is 0. The Morgan fingerprint density at radius 1 is 1.13 bits per heavy atom. The monoisotopic (exact) mass is 422 g/mol. The minimum Gasteiger partial charge on any atom is -0.492 e. The summed E-state index contributed by atoms with van der Waals surface area (Å²) in [5.74, 6) is -0.0685. The van der Waals surface area contributed by atoms with E-state index >= 15 is 0 Å². The minimum atomic E-state index is -0.386. The van der Waals surface area contributed by atoms with E-state index in [1.54, 1.807) is 6.26 Å². The molecule has 2 saturated heterocycles. The molecule has 0 saturated carbocycles. The maximum atomic E-state index is 12.4. The van der Waals surface area contributed by atoms with Crippen molar-refractivity contribution in [2.75, 3.05) is 26.2 Å². The molecule has 0 unspecified atom stereocenters. The Morgan fingerprint density at radius 3 is 2.77 bits per heavy atom. The Morgan fingerprint density at radius 2 is 1.97 bits per heavy atom. The summed E-state index contributed by atoms with van der Waals surface area (Å²) in [7, 11) is 0. The first kappa shape index (κ1) is 20.0. The van der Waals surface area contributed by atoms with Crippen molar-refractivity contribution in [2.45, 2.75) is 37.7 Å². The van der Waals surface area contributed by atoms with Gasteiger partial charge in [-0.1, -0.05) is 6.07 Å². The van der Waals surface area contributed by atoms with Crippen LogP contribution >= 0.6 is 0 Å². The molecular formula is C24H26N2O5. The lowest BCUT2D eigenvalue weighted by molar-refractivity contribution is -0.134. The number of fused-ring (bicyclic) bond motifs is 3. The molecule has 2 fully saturated rings. The van der Waals surface area contributed by atoms with E-state index in [0.29, 0.717) is 19.4 Å². The van der Waals surface area contributed by atoms with Gasteiger partial charge in [-0.3, -0.25) is 19.8 Å². The van der Waals surface area contributed by atoms with E-state index < -0.39 is 0 Å². The number of amides is 2. The van der Waals surface area contributed by atoms with Gasteiger partial charge in [0.25, 0.3) is 0 Å². The molecule has 1 atom stereocenters. The molecule has 2 aromatic carbocycles. The third kappa shape index (κ3) is 4.03. The van der Waals surface area contributed by atoms with Gasteiger partial charge in [-0.2, -0.15) is 0 Å². The van der Waals surface area contributed by atoms with Crippen LogP contribution in [0.5, 0.6) is 5.75 Å². The number of nitrogens with one attached hydrogen (secondary N) is 1. The lowest BCUT2D eigenvalue weighted by Gasteiger charge is -2.29. The normalized spacial score (nSPS) is 21.0. The number of benzene rings is 2. The number of rotatable bonds is 5. The van der Waals surface area contributed by atoms with Crippen LogP contribution in [0.15, 0.2) is 41.0 Å². The van der Waals surface area contributed by atoms with Gasteiger partial charge in [0, 0.05) is 37.0 Å². The van der Waals surface area contributed by atoms with E-state index in [1.165, 1.54) is 0 Å². The summed E-state index contributed by atoms with van der Waals surface area (Å²) in [5.41, 5.74) is 1.56. The number of carbonyl (C=O) groups excluding carboxylic acids is 2. The van der Waals surface area contributed by atoms with Crippen LogP contribution in [0.1, 0.15) is 37.2 Å². The predicted octanol–water partition coefficient (Wildman–Crippen LogP) is 2.94. The average molecular weight is 422 g/mol. The Labute approximate surface area is 179 Å². The number of hydrogen-bond donors (Lipinski definition) is 2. The van der Waals surface area contributed by atoms with E-state index in [-0.39, 0.29) is 23.8 Å². The Hall–Kier alpha value is -2.90. The second kappa shape index (κ2) is 8.32. The molecule has 7 heteroatoms. The van der Waals surface area contributed by atoms with Crippen molar-refractivity contribution in [3.05, 3.63) is 42.2 Å². The topological polar surface area (TPSA) is 92.0 Å². The summed E-state index contributed by atoms with van der Waals surface area (Å²) in [6.45, 7) is 3.25. The van der Waals surface area contributed by atoms with Crippen LogP contribution in [0.2, 0.25) is 0 Å². The van der Waals surface area contributed by atoms with Crippen molar-refractivity contribution >= 4 is 33.6 Å². The van der Waals surface area contributed by atoms with E-state index in [1.807, 2.05) is 30.3 Å². The Kier molecular flexibility index (Phi) is 5.38. The van der Waals surface area contributed by atoms with Crippen LogP contribution in [-0.4, -0.2) is 54.2 Å². The van der Waals surface area contributed by atoms with Gasteiger partial charge in [0.15, 0.2) is 0 Å². The molecule has 5 rings (SSSR count). The number of imide groups is 1. The first-order chi connectivity index (χ1) is 15.1. The highest BCUT2D eigenvalue weighted by molar-refractivity contribution is 6.10. The second-order valence-electron chi connectivity index (χ2n) is 8.44. The molecule has 1 aromatic heterocycles. The van der Waals surface area contributed by atoms with E-state index in [4.69, 9.17) is 9.15 Å². The molecule has 2 aliphatic heterocycles. The molecule has 0 radical (unpaired) electrons. The average Bonchev–Trinajstić information content (AvgIpc) is 3.19. The SMILES string of the molecule is O=C1CC[C@H](c2coc3ccc4cc(OCCN5CCC(O)CC5)ccc4c23)C(=O)N1. The van der Waals surface area contributed by atoms with Crippen molar-refractivity contribution in [1.82, 2.24) is 10.2 Å². The maximum absolute atomic E-state index is 12.4. The Balaban J connectivity index is 1.35. The number of carbonyl (C=O) groups is 2. The minimum absolute atomic E-state index is 0.164. The second-order valence-corrected chi connectivity index (χ2v) is 8.44. The highest BCUT2D eigenvalue weighted by Crippen LogP contribution is 2.37. The fourth-order valence-corrected chi connectivity index (χ4v) is 4.64. The number of piperidine rings is 2. The fraction of sp³-hybridized carbons (Fsp3) is 0.417. The number of nitrogens with zero attached hydrogens (tertiary/aromatic N) is 1. The predicted molar refractivity (Wildman–Crippen MR) is 116 cm³/mol. The molecule has 2 amide bonds. The number of ether oxygens (including phenoxy) is 1. The van der Waals surface area contributed by atoms with Crippen LogP contribution in [0.3, 0.4) is 0 Å². The summed E-state index contributed by atoms with van der Waals surface area (Å²) in [6, 6.07) is 9.87. The lowest BCUT2D eigenvalue weighted by Crippen LogP contribution is -2.39. The lowest BCUT2D eigenvalue weighted by atomic mass is 9.89. The summed E-state index contributed by atoms with van der Waals surface area (Å²) in [4.78, 5) is 26.2. The van der Waals surface area contributed by atoms with Gasteiger partial charge in [0.05, 0.1) is 18.3 Å². The highest BCUT2D eigenvalue weighted by atomic mass is 16.5. The van der Waals surface area contributed by atoms with Gasteiger partial charge in [-0.05, 0) is 54.3 Å². The van der Waals surface area contributed by atoms with Crippen LogP contribution in [0.25, 0.3) is 21.7 Å². The number of aliphatic hydroxyl groups excluding tert-OH is 1. The Bertz CT molecular complexity index is 1130. The smallest absolute Gasteiger partial charge is 0.234 e. The van der Waals surface area contributed by atoms with Gasteiger partial charge in [-0.25, -0.2) is 0 Å². The van der Waals surface area contributed by atoms with Gasteiger partial charge < -0.3 is 14.3 Å². The van der Waals surface area contributed by atoms with Gasteiger partial charge >= 0.3 is 0 Å². The molecule has 3 aromatic rings. The quantitative estimate of drug-likeness (QED) is 0.615. The van der Waals surface area contributed by atoms with Crippen LogP contribution in [-0.2, 0) is 9.59 Å².